The molecular formula is C33H42N4O5. The zero-order chi connectivity index (χ0) is 29.5. The zero-order valence-electron chi connectivity index (χ0n) is 24.9. The normalized spacial score (nSPS) is 20.7. The highest BCUT2D eigenvalue weighted by atomic mass is 16.6. The minimum absolute atomic E-state index is 0.102. The Labute approximate surface area is 247 Å². The van der Waals surface area contributed by atoms with E-state index in [1.165, 1.54) is 0 Å². The summed E-state index contributed by atoms with van der Waals surface area (Å²) in [6.45, 7) is 8.95. The van der Waals surface area contributed by atoms with Gasteiger partial charge in [0.2, 0.25) is 5.88 Å². The van der Waals surface area contributed by atoms with E-state index in [9.17, 15) is 9.59 Å². The number of hydrogen-bond acceptors (Lipinski definition) is 7. The lowest BCUT2D eigenvalue weighted by Crippen LogP contribution is -2.37. The first-order valence-electron chi connectivity index (χ1n) is 15.1. The van der Waals surface area contributed by atoms with Crippen LogP contribution in [0.2, 0.25) is 0 Å². The molecule has 9 nitrogen and oxygen atoms in total. The molecule has 0 spiro atoms. The number of hydrogen-bond donors (Lipinski definition) is 2. The van der Waals surface area contributed by atoms with Crippen molar-refractivity contribution in [2.24, 2.45) is 17.8 Å². The maximum absolute atomic E-state index is 13.5. The van der Waals surface area contributed by atoms with Gasteiger partial charge in [-0.15, -0.1) is 0 Å². The minimum Gasteiger partial charge on any atom is -0.477 e. The molecule has 1 saturated heterocycles. The molecule has 1 aliphatic heterocycles. The van der Waals surface area contributed by atoms with E-state index >= 15 is 0 Å². The van der Waals surface area contributed by atoms with Gasteiger partial charge in [0.25, 0.3) is 5.91 Å². The van der Waals surface area contributed by atoms with Gasteiger partial charge in [0.1, 0.15) is 5.60 Å². The Balaban J connectivity index is 1.17. The molecule has 1 aliphatic carbocycles. The molecule has 2 N–H and O–H groups in total. The molecule has 9 heteroatoms. The van der Waals surface area contributed by atoms with Gasteiger partial charge in [0, 0.05) is 48.8 Å². The average molecular weight is 575 g/mol. The molecule has 2 amide bonds. The highest BCUT2D eigenvalue weighted by molar-refractivity contribution is 6.07. The van der Waals surface area contributed by atoms with E-state index in [2.05, 4.69) is 15.6 Å². The molecule has 3 aromatic rings. The van der Waals surface area contributed by atoms with E-state index in [0.717, 1.165) is 61.8 Å². The Morgan fingerprint density at radius 2 is 1.69 bits per heavy atom. The summed E-state index contributed by atoms with van der Waals surface area (Å²) in [6.07, 6.45) is 6.44. The van der Waals surface area contributed by atoms with Crippen molar-refractivity contribution in [3.63, 3.8) is 0 Å². The van der Waals surface area contributed by atoms with Gasteiger partial charge in [-0.05, 0) is 82.9 Å². The number of fused-ring (bicyclic) bond motifs is 1. The molecule has 224 valence electrons. The average Bonchev–Trinajstić information content (AvgIpc) is 3.51. The van der Waals surface area contributed by atoms with Crippen LogP contribution in [0.5, 0.6) is 5.88 Å². The van der Waals surface area contributed by atoms with Crippen LogP contribution in [-0.4, -0.2) is 60.5 Å². The predicted octanol–water partition coefficient (Wildman–Crippen LogP) is 5.77. The van der Waals surface area contributed by atoms with Crippen LogP contribution in [0.15, 0.2) is 48.7 Å². The van der Waals surface area contributed by atoms with Gasteiger partial charge in [-0.3, -0.25) is 4.79 Å². The van der Waals surface area contributed by atoms with Crippen LogP contribution in [0.25, 0.3) is 22.2 Å². The van der Waals surface area contributed by atoms with Gasteiger partial charge in [-0.1, -0.05) is 18.2 Å². The lowest BCUT2D eigenvalue weighted by Gasteiger charge is -2.29. The van der Waals surface area contributed by atoms with E-state index in [-0.39, 0.29) is 12.0 Å². The second kappa shape index (κ2) is 13.5. The van der Waals surface area contributed by atoms with Crippen LogP contribution in [0, 0.1) is 17.8 Å². The molecule has 1 saturated carbocycles. The minimum atomic E-state index is -0.498. The fourth-order valence-corrected chi connectivity index (χ4v) is 5.56. The first kappa shape index (κ1) is 29.8. The van der Waals surface area contributed by atoms with Gasteiger partial charge in [-0.25, -0.2) is 14.8 Å². The summed E-state index contributed by atoms with van der Waals surface area (Å²) in [4.78, 5) is 34.7. The van der Waals surface area contributed by atoms with Crippen molar-refractivity contribution in [1.29, 1.82) is 0 Å². The highest BCUT2D eigenvalue weighted by Crippen LogP contribution is 2.29. The Bertz CT molecular complexity index is 1360. The number of carbonyl (C=O) groups excluding carboxylic acids is 2. The molecule has 1 unspecified atom stereocenters. The van der Waals surface area contributed by atoms with Gasteiger partial charge in [-0.2, -0.15) is 0 Å². The number of nitrogens with zero attached hydrogens (tertiary/aromatic N) is 2. The second-order valence-electron chi connectivity index (χ2n) is 12.5. The summed E-state index contributed by atoms with van der Waals surface area (Å²) in [6, 6.07) is 13.4. The lowest BCUT2D eigenvalue weighted by atomic mass is 9.82. The van der Waals surface area contributed by atoms with Crippen molar-refractivity contribution in [2.45, 2.75) is 58.5 Å². The standard InChI is InChI=1S/C33H42N4O5/c1-33(2,3)42-32(39)36-18-23-10-8-22(9-11-23)17-35-31(38)27-16-29(37-28-7-5-4-6-26(27)28)25-12-13-30(34-19-25)41-21-24-14-15-40-20-24/h4-7,12-13,16,19,22-24H,8-11,14-15,17-18,20-21H2,1-3H3,(H,35,38)(H,36,39). The SMILES string of the molecule is CC(C)(C)OC(=O)NCC1CCC(CNC(=O)c2cc(-c3ccc(OCC4CCOC4)nc3)nc3ccccc23)CC1. The third kappa shape index (κ3) is 8.18. The number of nitrogens with one attached hydrogen (secondary N) is 2. The molecule has 2 fully saturated rings. The Kier molecular flexibility index (Phi) is 9.57. The van der Waals surface area contributed by atoms with E-state index < -0.39 is 5.60 Å². The Morgan fingerprint density at radius 1 is 0.952 bits per heavy atom. The summed E-state index contributed by atoms with van der Waals surface area (Å²) >= 11 is 0. The monoisotopic (exact) mass is 574 g/mol. The van der Waals surface area contributed by atoms with Crippen LogP contribution < -0.4 is 15.4 Å². The number of rotatable bonds is 9. The van der Waals surface area contributed by atoms with Crippen LogP contribution in [0.3, 0.4) is 0 Å². The van der Waals surface area contributed by atoms with E-state index in [1.54, 1.807) is 6.20 Å². The lowest BCUT2D eigenvalue weighted by molar-refractivity contribution is 0.0512. The quantitative estimate of drug-likeness (QED) is 0.334. The number of pyridine rings is 2. The van der Waals surface area contributed by atoms with Gasteiger partial charge in [0.15, 0.2) is 0 Å². The molecule has 1 aromatic carbocycles. The third-order valence-electron chi connectivity index (χ3n) is 7.94. The second-order valence-corrected chi connectivity index (χ2v) is 12.5. The van der Waals surface area contributed by atoms with E-state index in [1.807, 2.05) is 63.2 Å². The number of alkyl carbamates (subject to hydrolysis) is 1. The van der Waals surface area contributed by atoms with Crippen molar-refractivity contribution < 1.29 is 23.8 Å². The van der Waals surface area contributed by atoms with Gasteiger partial charge >= 0.3 is 6.09 Å². The number of aromatic nitrogens is 2. The van der Waals surface area contributed by atoms with E-state index in [0.29, 0.717) is 54.6 Å². The fourth-order valence-electron chi connectivity index (χ4n) is 5.56. The van der Waals surface area contributed by atoms with Gasteiger partial charge < -0.3 is 24.8 Å². The summed E-state index contributed by atoms with van der Waals surface area (Å²) in [5, 5.41) is 6.90. The van der Waals surface area contributed by atoms with Crippen LogP contribution >= 0.6 is 0 Å². The molecule has 3 heterocycles. The summed E-state index contributed by atoms with van der Waals surface area (Å²) in [7, 11) is 0. The van der Waals surface area contributed by atoms with Crippen molar-refractivity contribution in [3.05, 3.63) is 54.2 Å². The summed E-state index contributed by atoms with van der Waals surface area (Å²) in [5.74, 6) is 1.71. The number of amides is 2. The van der Waals surface area contributed by atoms with Crippen molar-refractivity contribution in [3.8, 4) is 17.1 Å². The maximum Gasteiger partial charge on any atom is 0.407 e. The van der Waals surface area contributed by atoms with Crippen molar-refractivity contribution >= 4 is 22.9 Å². The fraction of sp³-hybridized carbons (Fsp3) is 0.515. The number of benzene rings is 1. The molecule has 0 radical (unpaired) electrons. The molecule has 2 aliphatic rings. The maximum atomic E-state index is 13.5. The molecule has 42 heavy (non-hydrogen) atoms. The number of carbonyl (C=O) groups is 2. The smallest absolute Gasteiger partial charge is 0.407 e. The van der Waals surface area contributed by atoms with Crippen LogP contribution in [-0.2, 0) is 9.47 Å². The summed E-state index contributed by atoms with van der Waals surface area (Å²) < 4.78 is 16.6. The predicted molar refractivity (Wildman–Crippen MR) is 161 cm³/mol. The molecule has 5 rings (SSSR count). The molecule has 0 bridgehead atoms. The zero-order valence-corrected chi connectivity index (χ0v) is 24.9. The number of para-hydroxylation sites is 1. The summed E-state index contributed by atoms with van der Waals surface area (Å²) in [5.41, 5.74) is 2.39. The first-order chi connectivity index (χ1) is 20.2. The number of ether oxygens (including phenoxy) is 3. The van der Waals surface area contributed by atoms with Crippen molar-refractivity contribution in [2.75, 3.05) is 32.9 Å². The van der Waals surface area contributed by atoms with Crippen molar-refractivity contribution in [1.82, 2.24) is 20.6 Å². The molecule has 2 aromatic heterocycles. The Morgan fingerprint density at radius 3 is 2.36 bits per heavy atom. The first-order valence-corrected chi connectivity index (χ1v) is 15.1. The topological polar surface area (TPSA) is 112 Å². The third-order valence-corrected chi connectivity index (χ3v) is 7.94. The van der Waals surface area contributed by atoms with E-state index in [4.69, 9.17) is 19.2 Å². The van der Waals surface area contributed by atoms with Crippen LogP contribution in [0.1, 0.15) is 63.2 Å². The Hall–Kier alpha value is -3.72. The van der Waals surface area contributed by atoms with Gasteiger partial charge in [0.05, 0.1) is 30.0 Å². The molecule has 1 atom stereocenters. The highest BCUT2D eigenvalue weighted by Gasteiger charge is 2.24. The van der Waals surface area contributed by atoms with Crippen LogP contribution in [0.4, 0.5) is 4.79 Å². The molecular weight excluding hydrogens is 532 g/mol. The largest absolute Gasteiger partial charge is 0.477 e.